The number of nitrogens with one attached hydrogen (secondary N) is 1. The summed E-state index contributed by atoms with van der Waals surface area (Å²) in [4.78, 5) is 0. The zero-order valence-electron chi connectivity index (χ0n) is 8.64. The molecule has 0 aliphatic heterocycles. The summed E-state index contributed by atoms with van der Waals surface area (Å²) in [5.74, 6) is 0.842. The molecule has 0 spiro atoms. The Labute approximate surface area is 90.3 Å². The van der Waals surface area contributed by atoms with E-state index in [0.29, 0.717) is 0 Å². The summed E-state index contributed by atoms with van der Waals surface area (Å²) < 4.78 is 5.26. The molecule has 0 heterocycles. The number of methoxy groups -OCH3 is 1. The molecule has 0 aromatic rings. The average molecular weight is 214 g/mol. The highest BCUT2D eigenvalue weighted by Crippen LogP contribution is 2.18. The summed E-state index contributed by atoms with van der Waals surface area (Å²) >= 11 is 5.93. The van der Waals surface area contributed by atoms with Gasteiger partial charge in [-0.3, -0.25) is 0 Å². The summed E-state index contributed by atoms with van der Waals surface area (Å²) in [5.41, 5.74) is 1.03. The smallest absolute Gasteiger partial charge is 0.141 e. The van der Waals surface area contributed by atoms with Crippen LogP contribution in [0, 0.1) is 0 Å². The molecule has 0 unspecified atom stereocenters. The van der Waals surface area contributed by atoms with Crippen LogP contribution in [-0.4, -0.2) is 13.7 Å². The largest absolute Gasteiger partial charge is 0.495 e. The first-order chi connectivity index (χ1) is 6.77. The lowest BCUT2D eigenvalue weighted by atomic mass is 10.3. The molecule has 0 saturated carbocycles. The number of halogens is 1. The molecule has 14 heavy (non-hydrogen) atoms. The molecule has 1 rings (SSSR count). The third-order valence-corrected chi connectivity index (χ3v) is 2.25. The van der Waals surface area contributed by atoms with Gasteiger partial charge in [-0.15, -0.1) is 0 Å². The molecule has 0 aromatic carbocycles. The number of ether oxygens (including phenoxy) is 1. The van der Waals surface area contributed by atoms with E-state index in [1.165, 1.54) is 0 Å². The van der Waals surface area contributed by atoms with Gasteiger partial charge >= 0.3 is 0 Å². The second-order valence-electron chi connectivity index (χ2n) is 3.10. The van der Waals surface area contributed by atoms with Gasteiger partial charge in [0.15, 0.2) is 0 Å². The Balaban J connectivity index is 2.72. The van der Waals surface area contributed by atoms with Crippen molar-refractivity contribution in [3.63, 3.8) is 0 Å². The van der Waals surface area contributed by atoms with Gasteiger partial charge in [0.25, 0.3) is 0 Å². The van der Waals surface area contributed by atoms with Crippen molar-refractivity contribution in [2.45, 2.75) is 19.8 Å². The first-order valence-electron chi connectivity index (χ1n) is 4.82. The van der Waals surface area contributed by atoms with Gasteiger partial charge in [-0.2, -0.15) is 0 Å². The summed E-state index contributed by atoms with van der Waals surface area (Å²) in [6.07, 6.45) is 7.67. The third-order valence-electron chi connectivity index (χ3n) is 1.97. The monoisotopic (exact) mass is 213 g/mol. The zero-order valence-corrected chi connectivity index (χ0v) is 9.40. The van der Waals surface area contributed by atoms with Crippen molar-refractivity contribution >= 4 is 11.6 Å². The predicted molar refractivity (Wildman–Crippen MR) is 60.0 cm³/mol. The minimum absolute atomic E-state index is 0.761. The maximum Gasteiger partial charge on any atom is 0.141 e. The van der Waals surface area contributed by atoms with E-state index < -0.39 is 0 Å². The Bertz CT molecular complexity index is 279. The van der Waals surface area contributed by atoms with Crippen molar-refractivity contribution < 1.29 is 4.74 Å². The van der Waals surface area contributed by atoms with Crippen LogP contribution >= 0.6 is 11.6 Å². The fraction of sp³-hybridized carbons (Fsp3) is 0.455. The second-order valence-corrected chi connectivity index (χ2v) is 3.58. The highest BCUT2D eigenvalue weighted by Gasteiger charge is 2.06. The highest BCUT2D eigenvalue weighted by atomic mass is 35.5. The molecule has 1 aliphatic carbocycles. The van der Waals surface area contributed by atoms with E-state index in [2.05, 4.69) is 18.3 Å². The molecule has 0 amide bonds. The van der Waals surface area contributed by atoms with Gasteiger partial charge in [0, 0.05) is 18.0 Å². The number of allylic oxidation sites excluding steroid dienone is 4. The molecule has 1 N–H and O–H groups in total. The van der Waals surface area contributed by atoms with Crippen LogP contribution in [0.3, 0.4) is 0 Å². The molecule has 0 atom stereocenters. The fourth-order valence-corrected chi connectivity index (χ4v) is 1.36. The van der Waals surface area contributed by atoms with Gasteiger partial charge in [0.1, 0.15) is 5.76 Å². The van der Waals surface area contributed by atoms with Gasteiger partial charge in [-0.1, -0.05) is 24.6 Å². The summed E-state index contributed by atoms with van der Waals surface area (Å²) in [5, 5.41) is 4.14. The molecule has 0 aromatic heterocycles. The normalized spacial score (nSPS) is 16.4. The van der Waals surface area contributed by atoms with Crippen LogP contribution in [0.25, 0.3) is 0 Å². The second kappa shape index (κ2) is 5.76. The summed E-state index contributed by atoms with van der Waals surface area (Å²) in [6.45, 7) is 3.08. The summed E-state index contributed by atoms with van der Waals surface area (Å²) in [6, 6.07) is 0. The van der Waals surface area contributed by atoms with E-state index in [4.69, 9.17) is 16.3 Å². The average Bonchev–Trinajstić information content (AvgIpc) is 2.37. The molecule has 0 bridgehead atoms. The Morgan fingerprint density at radius 3 is 2.93 bits per heavy atom. The topological polar surface area (TPSA) is 21.3 Å². The lowest BCUT2D eigenvalue weighted by Gasteiger charge is -2.11. The maximum atomic E-state index is 5.93. The van der Waals surface area contributed by atoms with Gasteiger partial charge in [-0.05, 0) is 18.6 Å². The van der Waals surface area contributed by atoms with Crippen LogP contribution in [0.15, 0.2) is 34.7 Å². The van der Waals surface area contributed by atoms with Crippen molar-refractivity contribution in [3.8, 4) is 0 Å². The molecule has 3 heteroatoms. The molecular weight excluding hydrogens is 198 g/mol. The predicted octanol–water partition coefficient (Wildman–Crippen LogP) is 2.93. The van der Waals surface area contributed by atoms with Crippen LogP contribution in [0.1, 0.15) is 19.8 Å². The molecule has 2 nitrogen and oxygen atoms in total. The third kappa shape index (κ3) is 3.11. The molecule has 0 radical (unpaired) electrons. The lowest BCUT2D eigenvalue weighted by Crippen LogP contribution is -2.16. The van der Waals surface area contributed by atoms with Crippen molar-refractivity contribution in [2.24, 2.45) is 0 Å². The fourth-order valence-electron chi connectivity index (χ4n) is 1.22. The van der Waals surface area contributed by atoms with Crippen molar-refractivity contribution in [2.75, 3.05) is 13.7 Å². The van der Waals surface area contributed by atoms with Crippen LogP contribution in [0.5, 0.6) is 0 Å². The molecule has 0 fully saturated rings. The van der Waals surface area contributed by atoms with Crippen molar-refractivity contribution in [1.29, 1.82) is 0 Å². The van der Waals surface area contributed by atoms with E-state index in [0.717, 1.165) is 35.9 Å². The Morgan fingerprint density at radius 1 is 1.50 bits per heavy atom. The molecule has 1 aliphatic rings. The van der Waals surface area contributed by atoms with E-state index in [1.54, 1.807) is 7.11 Å². The SMILES string of the molecule is CCCNC1=CCC(Cl)=CC=C1OC. The van der Waals surface area contributed by atoms with Gasteiger partial charge in [-0.25, -0.2) is 0 Å². The highest BCUT2D eigenvalue weighted by molar-refractivity contribution is 6.29. The van der Waals surface area contributed by atoms with Crippen LogP contribution in [0.2, 0.25) is 0 Å². The van der Waals surface area contributed by atoms with Crippen molar-refractivity contribution in [1.82, 2.24) is 5.32 Å². The quantitative estimate of drug-likeness (QED) is 0.776. The minimum Gasteiger partial charge on any atom is -0.495 e. The molecule has 78 valence electrons. The zero-order chi connectivity index (χ0) is 10.4. The molecule has 0 saturated heterocycles. The number of hydrogen-bond donors (Lipinski definition) is 1. The van der Waals surface area contributed by atoms with Gasteiger partial charge in [0.2, 0.25) is 0 Å². The van der Waals surface area contributed by atoms with Crippen LogP contribution in [-0.2, 0) is 4.74 Å². The first kappa shape index (κ1) is 11.2. The first-order valence-corrected chi connectivity index (χ1v) is 5.20. The molecular formula is C11H16ClNO. The van der Waals surface area contributed by atoms with Gasteiger partial charge in [0.05, 0.1) is 12.8 Å². The van der Waals surface area contributed by atoms with Crippen LogP contribution < -0.4 is 5.32 Å². The standard InChI is InChI=1S/C11H16ClNO/c1-3-8-13-10-6-4-9(12)5-7-11(10)14-2/h5-7,13H,3-4,8H2,1-2H3. The number of rotatable bonds is 4. The van der Waals surface area contributed by atoms with E-state index in [9.17, 15) is 0 Å². The summed E-state index contributed by atoms with van der Waals surface area (Å²) in [7, 11) is 1.67. The Hall–Kier alpha value is -0.890. The van der Waals surface area contributed by atoms with E-state index >= 15 is 0 Å². The van der Waals surface area contributed by atoms with E-state index in [-0.39, 0.29) is 0 Å². The maximum absolute atomic E-state index is 5.93. The minimum atomic E-state index is 0.761. The van der Waals surface area contributed by atoms with Crippen molar-refractivity contribution in [3.05, 3.63) is 34.7 Å². The number of hydrogen-bond acceptors (Lipinski definition) is 2. The Kier molecular flexibility index (Phi) is 4.60. The van der Waals surface area contributed by atoms with E-state index in [1.807, 2.05) is 12.2 Å². The van der Waals surface area contributed by atoms with Crippen LogP contribution in [0.4, 0.5) is 0 Å². The Morgan fingerprint density at radius 2 is 2.29 bits per heavy atom. The van der Waals surface area contributed by atoms with Gasteiger partial charge < -0.3 is 10.1 Å². The lowest BCUT2D eigenvalue weighted by molar-refractivity contribution is 0.295.